The molecule has 76 valence electrons. The molecule has 0 aliphatic rings. The van der Waals surface area contributed by atoms with Gasteiger partial charge in [-0.05, 0) is 23.7 Å². The van der Waals surface area contributed by atoms with Crippen molar-refractivity contribution in [3.63, 3.8) is 0 Å². The van der Waals surface area contributed by atoms with Crippen LogP contribution in [0.5, 0.6) is 0 Å². The fraction of sp³-hybridized carbons (Fsp3) is 0.125. The van der Waals surface area contributed by atoms with E-state index in [0.717, 1.165) is 6.07 Å². The van der Waals surface area contributed by atoms with Crippen LogP contribution in [0.25, 0.3) is 0 Å². The molecule has 0 heterocycles. The predicted octanol–water partition coefficient (Wildman–Crippen LogP) is 3.28. The van der Waals surface area contributed by atoms with Crippen molar-refractivity contribution in [3.05, 3.63) is 34.9 Å². The largest absolute Gasteiger partial charge is 0.276 e. The fourth-order valence-corrected chi connectivity index (χ4v) is 1.12. The average molecular weight is 227 g/mol. The van der Waals surface area contributed by atoms with Crippen LogP contribution in [0.3, 0.4) is 0 Å². The molecule has 1 rings (SSSR count). The molecule has 0 unspecified atom stereocenters. The molecule has 0 aliphatic carbocycles. The summed E-state index contributed by atoms with van der Waals surface area (Å²) in [6, 6.07) is 1.28. The molecular formula is C8H3ClF4O. The molecule has 0 spiro atoms. The summed E-state index contributed by atoms with van der Waals surface area (Å²) >= 11 is 4.92. The molecule has 6 heteroatoms. The Morgan fingerprint density at radius 3 is 2.29 bits per heavy atom. The highest BCUT2D eigenvalue weighted by Crippen LogP contribution is 2.28. The predicted molar refractivity (Wildman–Crippen MR) is 41.5 cm³/mol. The van der Waals surface area contributed by atoms with Gasteiger partial charge in [-0.1, -0.05) is 0 Å². The second-order valence-corrected chi connectivity index (χ2v) is 2.74. The summed E-state index contributed by atoms with van der Waals surface area (Å²) in [5.74, 6) is -3.19. The highest BCUT2D eigenvalue weighted by Gasteiger charge is 2.24. The van der Waals surface area contributed by atoms with Crippen LogP contribution in [0, 0.1) is 11.6 Å². The number of alkyl halides is 2. The van der Waals surface area contributed by atoms with Gasteiger partial charge in [0.25, 0.3) is 11.7 Å². The van der Waals surface area contributed by atoms with Gasteiger partial charge in [0.2, 0.25) is 0 Å². The molecule has 0 radical (unpaired) electrons. The first kappa shape index (κ1) is 11.0. The second kappa shape index (κ2) is 3.96. The van der Waals surface area contributed by atoms with E-state index in [2.05, 4.69) is 0 Å². The quantitative estimate of drug-likeness (QED) is 0.559. The molecule has 0 aromatic heterocycles. The van der Waals surface area contributed by atoms with Crippen molar-refractivity contribution in [3.8, 4) is 0 Å². The lowest BCUT2D eigenvalue weighted by Crippen LogP contribution is -2.03. The van der Waals surface area contributed by atoms with Crippen LogP contribution in [0.1, 0.15) is 22.3 Å². The zero-order valence-electron chi connectivity index (χ0n) is 6.53. The molecular weight excluding hydrogens is 224 g/mol. The molecule has 0 atom stereocenters. The molecule has 1 nitrogen and oxygen atoms in total. The van der Waals surface area contributed by atoms with Gasteiger partial charge in [-0.25, -0.2) is 17.6 Å². The van der Waals surface area contributed by atoms with E-state index in [0.29, 0.717) is 6.07 Å². The van der Waals surface area contributed by atoms with Crippen LogP contribution >= 0.6 is 11.6 Å². The van der Waals surface area contributed by atoms with Crippen molar-refractivity contribution in [2.24, 2.45) is 0 Å². The molecule has 0 fully saturated rings. The summed E-state index contributed by atoms with van der Waals surface area (Å²) in [4.78, 5) is 10.6. The minimum atomic E-state index is -3.29. The van der Waals surface area contributed by atoms with Crippen LogP contribution in [-0.4, -0.2) is 5.24 Å². The SMILES string of the molecule is O=C(Cl)c1ccc(F)c(F)c1C(F)F. The van der Waals surface area contributed by atoms with Gasteiger partial charge in [-0.3, -0.25) is 4.79 Å². The van der Waals surface area contributed by atoms with E-state index in [-0.39, 0.29) is 0 Å². The number of hydrogen-bond acceptors (Lipinski definition) is 1. The van der Waals surface area contributed by atoms with Crippen molar-refractivity contribution in [2.45, 2.75) is 6.43 Å². The Hall–Kier alpha value is -1.10. The molecule has 14 heavy (non-hydrogen) atoms. The number of carbonyl (C=O) groups excluding carboxylic acids is 1. The molecule has 0 bridgehead atoms. The monoisotopic (exact) mass is 226 g/mol. The highest BCUT2D eigenvalue weighted by molar-refractivity contribution is 6.67. The summed E-state index contributed by atoms with van der Waals surface area (Å²) in [7, 11) is 0. The third-order valence-corrected chi connectivity index (χ3v) is 1.77. The Bertz CT molecular complexity index is 378. The summed E-state index contributed by atoms with van der Waals surface area (Å²) in [5.41, 5.74) is -2.02. The Labute approximate surface area is 81.3 Å². The van der Waals surface area contributed by atoms with Crippen LogP contribution in [-0.2, 0) is 0 Å². The van der Waals surface area contributed by atoms with Gasteiger partial charge < -0.3 is 0 Å². The molecule has 0 N–H and O–H groups in total. The molecule has 0 saturated carbocycles. The second-order valence-electron chi connectivity index (χ2n) is 2.40. The zero-order chi connectivity index (χ0) is 10.9. The Kier molecular flexibility index (Phi) is 3.10. The zero-order valence-corrected chi connectivity index (χ0v) is 7.29. The summed E-state index contributed by atoms with van der Waals surface area (Å²) in [6.07, 6.45) is -3.29. The molecule has 0 amide bonds. The van der Waals surface area contributed by atoms with Gasteiger partial charge >= 0.3 is 0 Å². The summed E-state index contributed by atoms with van der Waals surface area (Å²) < 4.78 is 49.7. The first-order chi connectivity index (χ1) is 6.45. The van der Waals surface area contributed by atoms with E-state index in [1.807, 2.05) is 0 Å². The van der Waals surface area contributed by atoms with E-state index < -0.39 is 34.4 Å². The van der Waals surface area contributed by atoms with E-state index >= 15 is 0 Å². The van der Waals surface area contributed by atoms with Gasteiger partial charge in [-0.2, -0.15) is 0 Å². The third-order valence-electron chi connectivity index (χ3n) is 1.56. The summed E-state index contributed by atoms with van der Waals surface area (Å²) in [6.45, 7) is 0. The van der Waals surface area contributed by atoms with Gasteiger partial charge in [0.1, 0.15) is 0 Å². The van der Waals surface area contributed by atoms with E-state index in [1.165, 1.54) is 0 Å². The number of carbonyl (C=O) groups is 1. The van der Waals surface area contributed by atoms with Crippen LogP contribution in [0.2, 0.25) is 0 Å². The summed E-state index contributed by atoms with van der Waals surface area (Å²) in [5, 5.41) is -1.25. The molecule has 1 aromatic carbocycles. The van der Waals surface area contributed by atoms with Crippen molar-refractivity contribution >= 4 is 16.8 Å². The topological polar surface area (TPSA) is 17.1 Å². The lowest BCUT2D eigenvalue weighted by atomic mass is 10.1. The van der Waals surface area contributed by atoms with Crippen molar-refractivity contribution in [1.29, 1.82) is 0 Å². The van der Waals surface area contributed by atoms with Crippen molar-refractivity contribution in [2.75, 3.05) is 0 Å². The highest BCUT2D eigenvalue weighted by atomic mass is 35.5. The van der Waals surface area contributed by atoms with Crippen molar-refractivity contribution < 1.29 is 22.4 Å². The lowest BCUT2D eigenvalue weighted by Gasteiger charge is -2.06. The Balaban J connectivity index is 3.45. The maximum Gasteiger partial charge on any atom is 0.267 e. The first-order valence-electron chi connectivity index (χ1n) is 3.41. The van der Waals surface area contributed by atoms with Gasteiger partial charge in [0.15, 0.2) is 11.6 Å². The number of benzene rings is 1. The van der Waals surface area contributed by atoms with E-state index in [4.69, 9.17) is 11.6 Å². The normalized spacial score (nSPS) is 10.7. The minimum absolute atomic E-state index is 0.566. The molecule has 0 saturated heterocycles. The van der Waals surface area contributed by atoms with Gasteiger partial charge in [0, 0.05) is 5.56 Å². The maximum atomic E-state index is 12.8. The first-order valence-corrected chi connectivity index (χ1v) is 3.78. The third kappa shape index (κ3) is 1.87. The number of rotatable bonds is 2. The smallest absolute Gasteiger partial charge is 0.267 e. The standard InChI is InChI=1S/C8H3ClF4O/c9-7(14)3-1-2-4(10)6(11)5(3)8(12)13/h1-2,8H. The van der Waals surface area contributed by atoms with Crippen LogP contribution in [0.15, 0.2) is 12.1 Å². The maximum absolute atomic E-state index is 12.8. The fourth-order valence-electron chi connectivity index (χ4n) is 0.951. The van der Waals surface area contributed by atoms with Crippen LogP contribution in [0.4, 0.5) is 17.6 Å². The van der Waals surface area contributed by atoms with Gasteiger partial charge in [0.05, 0.1) is 5.56 Å². The van der Waals surface area contributed by atoms with E-state index in [1.54, 1.807) is 0 Å². The van der Waals surface area contributed by atoms with Crippen molar-refractivity contribution in [1.82, 2.24) is 0 Å². The van der Waals surface area contributed by atoms with Gasteiger partial charge in [-0.15, -0.1) is 0 Å². The average Bonchev–Trinajstić information content (AvgIpc) is 2.08. The lowest BCUT2D eigenvalue weighted by molar-refractivity contribution is 0.106. The number of halogens is 5. The molecule has 0 aliphatic heterocycles. The van der Waals surface area contributed by atoms with Crippen LogP contribution < -0.4 is 0 Å². The van der Waals surface area contributed by atoms with E-state index in [9.17, 15) is 22.4 Å². The Morgan fingerprint density at radius 1 is 1.29 bits per heavy atom. The Morgan fingerprint density at radius 2 is 1.86 bits per heavy atom. The minimum Gasteiger partial charge on any atom is -0.276 e. The molecule has 1 aromatic rings. The number of hydrogen-bond donors (Lipinski definition) is 0.